The molecule has 0 aromatic carbocycles. The van der Waals surface area contributed by atoms with Crippen molar-refractivity contribution < 1.29 is 14.8 Å². The van der Waals surface area contributed by atoms with E-state index < -0.39 is 4.92 Å². The molecule has 8 nitrogen and oxygen atoms in total. The number of likely N-dealkylation sites (tertiary alicyclic amines) is 1. The van der Waals surface area contributed by atoms with Crippen molar-refractivity contribution in [1.29, 1.82) is 0 Å². The first-order chi connectivity index (χ1) is 9.43. The summed E-state index contributed by atoms with van der Waals surface area (Å²) in [7, 11) is 0. The molecule has 1 fully saturated rings. The van der Waals surface area contributed by atoms with E-state index in [2.05, 4.69) is 5.10 Å². The molecular weight excluding hydrogens is 264 g/mol. The minimum atomic E-state index is -0.476. The van der Waals surface area contributed by atoms with Crippen LogP contribution < -0.4 is 0 Å². The SMILES string of the molecule is Cc1nn(CC(=O)N2CCC(CO)C2)c(C)c1[N+](=O)[O-]. The topological polar surface area (TPSA) is 102 Å². The average molecular weight is 282 g/mol. The number of carbonyl (C=O) groups excluding carboxylic acids is 1. The Labute approximate surface area is 116 Å². The van der Waals surface area contributed by atoms with Crippen LogP contribution in [0.1, 0.15) is 17.8 Å². The summed E-state index contributed by atoms with van der Waals surface area (Å²) in [5.41, 5.74) is 0.668. The fourth-order valence-corrected chi connectivity index (χ4v) is 2.54. The Morgan fingerprint density at radius 2 is 2.25 bits per heavy atom. The number of amides is 1. The van der Waals surface area contributed by atoms with Gasteiger partial charge in [-0.1, -0.05) is 0 Å². The predicted molar refractivity (Wildman–Crippen MR) is 70.1 cm³/mol. The zero-order valence-corrected chi connectivity index (χ0v) is 11.6. The van der Waals surface area contributed by atoms with Gasteiger partial charge in [0.1, 0.15) is 17.9 Å². The van der Waals surface area contributed by atoms with E-state index in [9.17, 15) is 14.9 Å². The largest absolute Gasteiger partial charge is 0.396 e. The van der Waals surface area contributed by atoms with Gasteiger partial charge in [0.15, 0.2) is 0 Å². The first-order valence-electron chi connectivity index (χ1n) is 6.51. The summed E-state index contributed by atoms with van der Waals surface area (Å²) in [5, 5.41) is 24.0. The number of carbonyl (C=O) groups is 1. The molecule has 2 rings (SSSR count). The minimum absolute atomic E-state index is 0.00133. The summed E-state index contributed by atoms with van der Waals surface area (Å²) in [4.78, 5) is 24.2. The van der Waals surface area contributed by atoms with Crippen molar-refractivity contribution in [2.24, 2.45) is 5.92 Å². The number of hydrogen-bond acceptors (Lipinski definition) is 5. The second-order valence-electron chi connectivity index (χ2n) is 5.11. The van der Waals surface area contributed by atoms with Crippen LogP contribution in [0.25, 0.3) is 0 Å². The van der Waals surface area contributed by atoms with Gasteiger partial charge < -0.3 is 10.0 Å². The Kier molecular flexibility index (Phi) is 4.03. The molecule has 0 saturated carbocycles. The summed E-state index contributed by atoms with van der Waals surface area (Å²) >= 11 is 0. The van der Waals surface area contributed by atoms with E-state index in [4.69, 9.17) is 5.11 Å². The molecule has 1 N–H and O–H groups in total. The highest BCUT2D eigenvalue weighted by atomic mass is 16.6. The second kappa shape index (κ2) is 5.58. The summed E-state index contributed by atoms with van der Waals surface area (Å²) in [6, 6.07) is 0. The maximum absolute atomic E-state index is 12.1. The van der Waals surface area contributed by atoms with Gasteiger partial charge in [0.05, 0.1) is 4.92 Å². The highest BCUT2D eigenvalue weighted by Gasteiger charge is 2.28. The standard InChI is InChI=1S/C12H18N4O4/c1-8-12(16(19)20)9(2)15(13-8)6-11(18)14-4-3-10(5-14)7-17/h10,17H,3-7H2,1-2H3. The van der Waals surface area contributed by atoms with Crippen molar-refractivity contribution in [1.82, 2.24) is 14.7 Å². The van der Waals surface area contributed by atoms with Gasteiger partial charge in [-0.3, -0.25) is 19.6 Å². The van der Waals surface area contributed by atoms with Crippen molar-refractivity contribution in [2.45, 2.75) is 26.8 Å². The number of aliphatic hydroxyl groups is 1. The van der Waals surface area contributed by atoms with Gasteiger partial charge >= 0.3 is 5.69 Å². The molecule has 1 aromatic heterocycles. The van der Waals surface area contributed by atoms with Crippen LogP contribution in [0.3, 0.4) is 0 Å². The molecule has 1 unspecified atom stereocenters. The van der Waals surface area contributed by atoms with Gasteiger partial charge in [-0.05, 0) is 20.3 Å². The minimum Gasteiger partial charge on any atom is -0.396 e. The van der Waals surface area contributed by atoms with Crippen molar-refractivity contribution in [2.75, 3.05) is 19.7 Å². The van der Waals surface area contributed by atoms with E-state index in [0.717, 1.165) is 6.42 Å². The van der Waals surface area contributed by atoms with Crippen molar-refractivity contribution in [3.8, 4) is 0 Å². The summed E-state index contributed by atoms with van der Waals surface area (Å²) in [6.07, 6.45) is 0.791. The third kappa shape index (κ3) is 2.64. The van der Waals surface area contributed by atoms with Crippen LogP contribution in [0, 0.1) is 29.9 Å². The van der Waals surface area contributed by atoms with Crippen LogP contribution in [0.2, 0.25) is 0 Å². The van der Waals surface area contributed by atoms with Crippen LogP contribution in [0.4, 0.5) is 5.69 Å². The molecule has 0 radical (unpaired) electrons. The van der Waals surface area contributed by atoms with Crippen molar-refractivity contribution in [3.63, 3.8) is 0 Å². The molecular formula is C12H18N4O4. The van der Waals surface area contributed by atoms with Crippen molar-refractivity contribution in [3.05, 3.63) is 21.5 Å². The zero-order chi connectivity index (χ0) is 14.9. The summed E-state index contributed by atoms with van der Waals surface area (Å²) in [5.74, 6) is 0.00943. The first-order valence-corrected chi connectivity index (χ1v) is 6.51. The number of nitro groups is 1. The summed E-state index contributed by atoms with van der Waals surface area (Å²) in [6.45, 7) is 4.38. The van der Waals surface area contributed by atoms with Crippen LogP contribution in [0.5, 0.6) is 0 Å². The molecule has 1 aromatic rings. The lowest BCUT2D eigenvalue weighted by Gasteiger charge is -2.16. The third-order valence-corrected chi connectivity index (χ3v) is 3.71. The van der Waals surface area contributed by atoms with E-state index in [1.165, 1.54) is 4.68 Å². The van der Waals surface area contributed by atoms with E-state index in [1.54, 1.807) is 18.7 Å². The van der Waals surface area contributed by atoms with Gasteiger partial charge in [-0.2, -0.15) is 5.10 Å². The lowest BCUT2D eigenvalue weighted by molar-refractivity contribution is -0.386. The highest BCUT2D eigenvalue weighted by molar-refractivity contribution is 5.76. The lowest BCUT2D eigenvalue weighted by Crippen LogP contribution is -2.32. The normalized spacial score (nSPS) is 18.6. The number of aliphatic hydroxyl groups excluding tert-OH is 1. The molecule has 1 saturated heterocycles. The van der Waals surface area contributed by atoms with Crippen LogP contribution in [-0.2, 0) is 11.3 Å². The maximum Gasteiger partial charge on any atom is 0.312 e. The van der Waals surface area contributed by atoms with Gasteiger partial charge in [-0.25, -0.2) is 0 Å². The molecule has 8 heteroatoms. The number of rotatable bonds is 4. The van der Waals surface area contributed by atoms with Crippen LogP contribution in [-0.4, -0.2) is 50.3 Å². The zero-order valence-electron chi connectivity index (χ0n) is 11.6. The molecule has 1 aliphatic rings. The Hall–Kier alpha value is -1.96. The lowest BCUT2D eigenvalue weighted by atomic mass is 10.1. The van der Waals surface area contributed by atoms with Gasteiger partial charge in [0.2, 0.25) is 5.91 Å². The van der Waals surface area contributed by atoms with Crippen LogP contribution in [0.15, 0.2) is 0 Å². The smallest absolute Gasteiger partial charge is 0.312 e. The predicted octanol–water partition coefficient (Wildman–Crippen LogP) is 0.249. The van der Waals surface area contributed by atoms with Gasteiger partial charge in [0, 0.05) is 25.6 Å². The fraction of sp³-hybridized carbons (Fsp3) is 0.667. The number of aromatic nitrogens is 2. The molecule has 1 atom stereocenters. The molecule has 2 heterocycles. The molecule has 0 spiro atoms. The van der Waals surface area contributed by atoms with Gasteiger partial charge in [0.25, 0.3) is 0 Å². The molecule has 20 heavy (non-hydrogen) atoms. The van der Waals surface area contributed by atoms with Crippen molar-refractivity contribution >= 4 is 11.6 Å². The summed E-state index contributed by atoms with van der Waals surface area (Å²) < 4.78 is 1.38. The average Bonchev–Trinajstić information content (AvgIpc) is 2.95. The van der Waals surface area contributed by atoms with Crippen LogP contribution >= 0.6 is 0 Å². The fourth-order valence-electron chi connectivity index (χ4n) is 2.54. The second-order valence-corrected chi connectivity index (χ2v) is 5.11. The first kappa shape index (κ1) is 14.4. The quantitative estimate of drug-likeness (QED) is 0.630. The monoisotopic (exact) mass is 282 g/mol. The number of aryl methyl sites for hydroxylation is 1. The number of nitrogens with zero attached hydrogens (tertiary/aromatic N) is 4. The van der Waals surface area contributed by atoms with E-state index >= 15 is 0 Å². The molecule has 110 valence electrons. The Morgan fingerprint density at radius 1 is 1.55 bits per heavy atom. The highest BCUT2D eigenvalue weighted by Crippen LogP contribution is 2.22. The molecule has 1 aliphatic heterocycles. The van der Waals surface area contributed by atoms with E-state index in [0.29, 0.717) is 24.5 Å². The third-order valence-electron chi connectivity index (χ3n) is 3.71. The van der Waals surface area contributed by atoms with Gasteiger partial charge in [-0.15, -0.1) is 0 Å². The maximum atomic E-state index is 12.1. The Morgan fingerprint density at radius 3 is 2.75 bits per heavy atom. The molecule has 0 bridgehead atoms. The Balaban J connectivity index is 2.09. The van der Waals surface area contributed by atoms with E-state index in [1.807, 2.05) is 0 Å². The molecule has 0 aliphatic carbocycles. The Bertz CT molecular complexity index is 540. The number of hydrogen-bond donors (Lipinski definition) is 1. The van der Waals surface area contributed by atoms with E-state index in [-0.39, 0.29) is 30.7 Å². The molecule has 1 amide bonds.